The summed E-state index contributed by atoms with van der Waals surface area (Å²) in [6.07, 6.45) is 1.79. The van der Waals surface area contributed by atoms with Gasteiger partial charge in [0.25, 0.3) is 0 Å². The molecule has 4 heteroatoms. The molecule has 1 aliphatic rings. The van der Waals surface area contributed by atoms with Gasteiger partial charge in [0, 0.05) is 24.8 Å². The van der Waals surface area contributed by atoms with Crippen LogP contribution in [0.3, 0.4) is 0 Å². The molecule has 0 bridgehead atoms. The van der Waals surface area contributed by atoms with Crippen molar-refractivity contribution in [2.24, 2.45) is 0 Å². The Morgan fingerprint density at radius 3 is 2.67 bits per heavy atom. The highest BCUT2D eigenvalue weighted by molar-refractivity contribution is 5.86. The number of pyridine rings is 1. The lowest BCUT2D eigenvalue weighted by Gasteiger charge is -2.48. The Hall–Kier alpha value is -1.42. The van der Waals surface area contributed by atoms with Gasteiger partial charge in [-0.3, -0.25) is 14.7 Å². The molecular weight excluding hydrogens is 226 g/mol. The molecule has 1 aromatic heterocycles. The molecule has 0 radical (unpaired) electrons. The number of rotatable bonds is 2. The third-order valence-corrected chi connectivity index (χ3v) is 3.46. The summed E-state index contributed by atoms with van der Waals surface area (Å²) in [5.41, 5.74) is 0.310. The molecule has 0 spiro atoms. The Morgan fingerprint density at radius 2 is 2.06 bits per heavy atom. The highest BCUT2D eigenvalue weighted by Gasteiger charge is 2.44. The molecule has 18 heavy (non-hydrogen) atoms. The van der Waals surface area contributed by atoms with Gasteiger partial charge in [0.1, 0.15) is 0 Å². The molecule has 0 aromatic carbocycles. The molecule has 0 unspecified atom stereocenters. The monoisotopic (exact) mass is 247 g/mol. The van der Waals surface area contributed by atoms with Crippen molar-refractivity contribution in [1.29, 1.82) is 0 Å². The molecule has 1 saturated heterocycles. The Bertz CT molecular complexity index is 440. The third-order valence-electron chi connectivity index (χ3n) is 3.46. The van der Waals surface area contributed by atoms with Crippen molar-refractivity contribution in [1.82, 2.24) is 15.2 Å². The topological polar surface area (TPSA) is 45.2 Å². The minimum absolute atomic E-state index is 0.0784. The number of hydrogen-bond acceptors (Lipinski definition) is 3. The van der Waals surface area contributed by atoms with E-state index in [9.17, 15) is 4.79 Å². The van der Waals surface area contributed by atoms with Crippen molar-refractivity contribution in [2.75, 3.05) is 6.54 Å². The Morgan fingerprint density at radius 1 is 1.33 bits per heavy atom. The van der Waals surface area contributed by atoms with Crippen molar-refractivity contribution in [3.63, 3.8) is 0 Å². The first-order chi connectivity index (χ1) is 8.31. The number of carbonyl (C=O) groups excluding carboxylic acids is 1. The van der Waals surface area contributed by atoms with Crippen LogP contribution in [0.5, 0.6) is 0 Å². The van der Waals surface area contributed by atoms with E-state index in [2.05, 4.69) is 15.2 Å². The lowest BCUT2D eigenvalue weighted by Crippen LogP contribution is -2.68. The van der Waals surface area contributed by atoms with Gasteiger partial charge in [-0.2, -0.15) is 0 Å². The van der Waals surface area contributed by atoms with Gasteiger partial charge in [-0.1, -0.05) is 6.07 Å². The van der Waals surface area contributed by atoms with Gasteiger partial charge in [-0.15, -0.1) is 0 Å². The molecule has 4 nitrogen and oxygen atoms in total. The van der Waals surface area contributed by atoms with Crippen LogP contribution in [0.1, 0.15) is 33.4 Å². The molecule has 1 fully saturated rings. The van der Waals surface area contributed by atoms with E-state index in [1.54, 1.807) is 6.20 Å². The van der Waals surface area contributed by atoms with Crippen molar-refractivity contribution in [3.8, 4) is 0 Å². The van der Waals surface area contributed by atoms with Crippen LogP contribution in [0.4, 0.5) is 0 Å². The molecule has 0 aliphatic carbocycles. The first kappa shape index (κ1) is 13.0. The van der Waals surface area contributed by atoms with E-state index in [-0.39, 0.29) is 11.4 Å². The molecule has 1 N–H and O–H groups in total. The lowest BCUT2D eigenvalue weighted by atomic mass is 9.90. The van der Waals surface area contributed by atoms with Gasteiger partial charge in [0.05, 0.1) is 11.2 Å². The van der Waals surface area contributed by atoms with E-state index in [0.29, 0.717) is 6.54 Å². The van der Waals surface area contributed by atoms with E-state index in [1.807, 2.05) is 45.9 Å². The number of amides is 1. The van der Waals surface area contributed by atoms with Crippen molar-refractivity contribution >= 4 is 5.91 Å². The fraction of sp³-hybridized carbons (Fsp3) is 0.571. The average Bonchev–Trinajstić information content (AvgIpc) is 2.27. The summed E-state index contributed by atoms with van der Waals surface area (Å²) in [6, 6.07) is 5.88. The second-order valence-electron chi connectivity index (χ2n) is 6.07. The van der Waals surface area contributed by atoms with Crippen LogP contribution in [-0.2, 0) is 11.3 Å². The lowest BCUT2D eigenvalue weighted by molar-refractivity contribution is -0.140. The summed E-state index contributed by atoms with van der Waals surface area (Å²) in [7, 11) is 0. The number of carbonyl (C=O) groups is 1. The predicted molar refractivity (Wildman–Crippen MR) is 70.9 cm³/mol. The van der Waals surface area contributed by atoms with Gasteiger partial charge in [0.2, 0.25) is 5.91 Å². The largest absolute Gasteiger partial charge is 0.348 e. The molecule has 2 rings (SSSR count). The maximum atomic E-state index is 12.2. The second-order valence-corrected chi connectivity index (χ2v) is 6.07. The summed E-state index contributed by atoms with van der Waals surface area (Å²) in [5, 5.41) is 3.06. The molecule has 2 heterocycles. The number of piperazine rings is 1. The van der Waals surface area contributed by atoms with Crippen LogP contribution in [0.2, 0.25) is 0 Å². The van der Waals surface area contributed by atoms with Crippen molar-refractivity contribution < 1.29 is 4.79 Å². The summed E-state index contributed by atoms with van der Waals surface area (Å²) >= 11 is 0. The van der Waals surface area contributed by atoms with Gasteiger partial charge in [0.15, 0.2) is 0 Å². The van der Waals surface area contributed by atoms with Crippen molar-refractivity contribution in [3.05, 3.63) is 30.1 Å². The fourth-order valence-corrected chi connectivity index (χ4v) is 2.26. The van der Waals surface area contributed by atoms with E-state index in [0.717, 1.165) is 12.2 Å². The maximum absolute atomic E-state index is 12.2. The zero-order chi connectivity index (χ0) is 13.4. The number of aromatic nitrogens is 1. The predicted octanol–water partition coefficient (Wildman–Crippen LogP) is 1.57. The summed E-state index contributed by atoms with van der Waals surface area (Å²) in [4.78, 5) is 18.7. The molecule has 0 saturated carbocycles. The van der Waals surface area contributed by atoms with Crippen LogP contribution in [0, 0.1) is 0 Å². The Balaban J connectivity index is 2.21. The first-order valence-electron chi connectivity index (χ1n) is 6.29. The number of nitrogens with one attached hydrogen (secondary N) is 1. The fourth-order valence-electron chi connectivity index (χ4n) is 2.26. The van der Waals surface area contributed by atoms with Crippen LogP contribution >= 0.6 is 0 Å². The van der Waals surface area contributed by atoms with Gasteiger partial charge in [-0.05, 0) is 39.8 Å². The number of hydrogen-bond donors (Lipinski definition) is 1. The van der Waals surface area contributed by atoms with E-state index < -0.39 is 5.54 Å². The van der Waals surface area contributed by atoms with Gasteiger partial charge >= 0.3 is 0 Å². The highest BCUT2D eigenvalue weighted by Crippen LogP contribution is 2.25. The first-order valence-corrected chi connectivity index (χ1v) is 6.29. The summed E-state index contributed by atoms with van der Waals surface area (Å²) in [5.74, 6) is 0.0784. The minimum Gasteiger partial charge on any atom is -0.348 e. The standard InChI is InChI=1S/C14H21N3O/c1-13(2)10-17(14(3,4)12(18)16-13)9-11-7-5-6-8-15-11/h5-8H,9-10H2,1-4H3,(H,16,18). The van der Waals surface area contributed by atoms with E-state index >= 15 is 0 Å². The van der Waals surface area contributed by atoms with E-state index in [4.69, 9.17) is 0 Å². The zero-order valence-corrected chi connectivity index (χ0v) is 11.5. The van der Waals surface area contributed by atoms with Gasteiger partial charge < -0.3 is 5.32 Å². The molecule has 1 amide bonds. The van der Waals surface area contributed by atoms with E-state index in [1.165, 1.54) is 0 Å². The zero-order valence-electron chi connectivity index (χ0n) is 11.5. The van der Waals surface area contributed by atoms with Crippen LogP contribution in [0.25, 0.3) is 0 Å². The van der Waals surface area contributed by atoms with Crippen molar-refractivity contribution in [2.45, 2.75) is 45.3 Å². The minimum atomic E-state index is -0.493. The number of nitrogens with zero attached hydrogens (tertiary/aromatic N) is 2. The molecule has 0 atom stereocenters. The molecule has 1 aromatic rings. The SMILES string of the molecule is CC1(C)CN(Cc2ccccn2)C(C)(C)C(=O)N1. The highest BCUT2D eigenvalue weighted by atomic mass is 16.2. The van der Waals surface area contributed by atoms with Crippen LogP contribution in [0.15, 0.2) is 24.4 Å². The average molecular weight is 247 g/mol. The summed E-state index contributed by atoms with van der Waals surface area (Å²) in [6.45, 7) is 9.53. The smallest absolute Gasteiger partial charge is 0.240 e. The summed E-state index contributed by atoms with van der Waals surface area (Å²) < 4.78 is 0. The van der Waals surface area contributed by atoms with Crippen LogP contribution in [-0.4, -0.2) is 33.4 Å². The quantitative estimate of drug-likeness (QED) is 0.863. The molecule has 1 aliphatic heterocycles. The Kier molecular flexibility index (Phi) is 3.15. The second kappa shape index (κ2) is 4.35. The van der Waals surface area contributed by atoms with Crippen LogP contribution < -0.4 is 5.32 Å². The van der Waals surface area contributed by atoms with Gasteiger partial charge in [-0.25, -0.2) is 0 Å². The third kappa shape index (κ3) is 2.53. The molecule has 98 valence electrons. The Labute approximate surface area is 108 Å². The normalized spacial score (nSPS) is 22.6. The molecular formula is C14H21N3O. The maximum Gasteiger partial charge on any atom is 0.240 e.